The molecule has 6 heteroatoms. The number of ketones is 1. The van der Waals surface area contributed by atoms with Gasteiger partial charge in [-0.2, -0.15) is 0 Å². The number of aromatic amines is 1. The molecule has 0 unspecified atom stereocenters. The lowest BCUT2D eigenvalue weighted by Crippen LogP contribution is -2.02. The number of hydrogen-bond donors (Lipinski definition) is 1. The Hall–Kier alpha value is -2.21. The van der Waals surface area contributed by atoms with Gasteiger partial charge in [-0.3, -0.25) is 9.78 Å². The third-order valence-electron chi connectivity index (χ3n) is 2.86. The Balaban J connectivity index is 2.12. The standard InChI is InChI=1S/C14H7BrFNO3/c15-10-3-2-8(16)6-9(10)13(18)7-1-4-11-12(5-7)20-14(19)17-11/h1-6H,(H,17,19). The van der Waals surface area contributed by atoms with Crippen molar-refractivity contribution in [1.29, 1.82) is 0 Å². The van der Waals surface area contributed by atoms with E-state index < -0.39 is 11.6 Å². The maximum Gasteiger partial charge on any atom is 0.417 e. The molecule has 1 aromatic heterocycles. The number of rotatable bonds is 2. The SMILES string of the molecule is O=C(c1ccc2[nH]c(=O)oc2c1)c1cc(F)ccc1Br. The molecule has 2 aromatic carbocycles. The lowest BCUT2D eigenvalue weighted by molar-refractivity contribution is 0.103. The second-order valence-corrected chi connectivity index (χ2v) is 5.03. The van der Waals surface area contributed by atoms with Gasteiger partial charge in [-0.1, -0.05) is 15.9 Å². The summed E-state index contributed by atoms with van der Waals surface area (Å²) in [6, 6.07) is 8.46. The van der Waals surface area contributed by atoms with Crippen molar-refractivity contribution < 1.29 is 13.6 Å². The minimum Gasteiger partial charge on any atom is -0.408 e. The number of H-pyrrole nitrogens is 1. The summed E-state index contributed by atoms with van der Waals surface area (Å²) in [6.07, 6.45) is 0. The highest BCUT2D eigenvalue weighted by atomic mass is 79.9. The molecule has 1 heterocycles. The Labute approximate surface area is 120 Å². The van der Waals surface area contributed by atoms with E-state index in [1.54, 1.807) is 12.1 Å². The minimum absolute atomic E-state index is 0.210. The summed E-state index contributed by atoms with van der Waals surface area (Å²) in [5.74, 6) is -1.44. The maximum atomic E-state index is 13.2. The molecule has 3 aromatic rings. The second kappa shape index (κ2) is 4.72. The summed E-state index contributed by atoms with van der Waals surface area (Å²) in [6.45, 7) is 0. The van der Waals surface area contributed by atoms with Gasteiger partial charge in [0.25, 0.3) is 0 Å². The van der Waals surface area contributed by atoms with Crippen molar-refractivity contribution in [2.75, 3.05) is 0 Å². The van der Waals surface area contributed by atoms with Crippen LogP contribution in [-0.4, -0.2) is 10.8 Å². The van der Waals surface area contributed by atoms with Gasteiger partial charge in [0, 0.05) is 15.6 Å². The van der Waals surface area contributed by atoms with Crippen LogP contribution in [-0.2, 0) is 0 Å². The Morgan fingerprint density at radius 1 is 1.20 bits per heavy atom. The normalized spacial score (nSPS) is 10.9. The first-order chi connectivity index (χ1) is 9.54. The number of carbonyl (C=O) groups excluding carboxylic acids is 1. The molecular weight excluding hydrogens is 329 g/mol. The molecule has 0 radical (unpaired) electrons. The summed E-state index contributed by atoms with van der Waals surface area (Å²) in [4.78, 5) is 25.9. The zero-order valence-corrected chi connectivity index (χ0v) is 11.5. The van der Waals surface area contributed by atoms with Crippen LogP contribution < -0.4 is 5.76 Å². The van der Waals surface area contributed by atoms with E-state index in [1.807, 2.05) is 0 Å². The van der Waals surface area contributed by atoms with Crippen LogP contribution in [0.2, 0.25) is 0 Å². The highest BCUT2D eigenvalue weighted by molar-refractivity contribution is 9.10. The van der Waals surface area contributed by atoms with Gasteiger partial charge in [0.2, 0.25) is 0 Å². The Morgan fingerprint density at radius 2 is 2.00 bits per heavy atom. The summed E-state index contributed by atoms with van der Waals surface area (Å²) < 4.78 is 18.6. The molecule has 0 atom stereocenters. The molecule has 3 rings (SSSR count). The fourth-order valence-corrected chi connectivity index (χ4v) is 2.34. The van der Waals surface area contributed by atoms with E-state index in [0.29, 0.717) is 15.6 Å². The molecule has 0 aliphatic heterocycles. The van der Waals surface area contributed by atoms with E-state index in [-0.39, 0.29) is 16.9 Å². The molecule has 0 amide bonds. The fourth-order valence-electron chi connectivity index (χ4n) is 1.91. The number of carbonyl (C=O) groups is 1. The number of fused-ring (bicyclic) bond motifs is 1. The maximum absolute atomic E-state index is 13.2. The first-order valence-corrected chi connectivity index (χ1v) is 6.46. The largest absolute Gasteiger partial charge is 0.417 e. The first kappa shape index (κ1) is 12.8. The van der Waals surface area contributed by atoms with Gasteiger partial charge in [0.15, 0.2) is 11.4 Å². The quantitative estimate of drug-likeness (QED) is 0.731. The highest BCUT2D eigenvalue weighted by Gasteiger charge is 2.15. The Bertz CT molecular complexity index is 882. The third kappa shape index (κ3) is 2.18. The van der Waals surface area contributed by atoms with E-state index >= 15 is 0 Å². The predicted octanol–water partition coefficient (Wildman–Crippen LogP) is 3.25. The van der Waals surface area contributed by atoms with E-state index in [0.717, 1.165) is 6.07 Å². The number of hydrogen-bond acceptors (Lipinski definition) is 3. The number of nitrogens with one attached hydrogen (secondary N) is 1. The van der Waals surface area contributed by atoms with Gasteiger partial charge < -0.3 is 4.42 Å². The van der Waals surface area contributed by atoms with E-state index in [9.17, 15) is 14.0 Å². The molecular formula is C14H7BrFNO3. The zero-order chi connectivity index (χ0) is 14.3. The van der Waals surface area contributed by atoms with Crippen molar-refractivity contribution in [3.63, 3.8) is 0 Å². The molecule has 4 nitrogen and oxygen atoms in total. The number of benzene rings is 2. The monoisotopic (exact) mass is 335 g/mol. The van der Waals surface area contributed by atoms with Crippen molar-refractivity contribution >= 4 is 32.8 Å². The van der Waals surface area contributed by atoms with Gasteiger partial charge in [-0.25, -0.2) is 9.18 Å². The molecule has 0 bridgehead atoms. The molecule has 0 spiro atoms. The van der Waals surface area contributed by atoms with Crippen LogP contribution in [0.4, 0.5) is 4.39 Å². The van der Waals surface area contributed by atoms with Crippen LogP contribution in [0.1, 0.15) is 15.9 Å². The van der Waals surface area contributed by atoms with Crippen molar-refractivity contribution in [1.82, 2.24) is 4.98 Å². The van der Waals surface area contributed by atoms with E-state index in [2.05, 4.69) is 20.9 Å². The van der Waals surface area contributed by atoms with E-state index in [4.69, 9.17) is 4.42 Å². The molecule has 0 fully saturated rings. The number of halogens is 2. The lowest BCUT2D eigenvalue weighted by Gasteiger charge is -2.04. The van der Waals surface area contributed by atoms with Gasteiger partial charge in [-0.15, -0.1) is 0 Å². The summed E-state index contributed by atoms with van der Waals surface area (Å²) in [7, 11) is 0. The number of aromatic nitrogens is 1. The summed E-state index contributed by atoms with van der Waals surface area (Å²) in [5.41, 5.74) is 1.31. The smallest absolute Gasteiger partial charge is 0.408 e. The Morgan fingerprint density at radius 3 is 2.80 bits per heavy atom. The topological polar surface area (TPSA) is 63.1 Å². The second-order valence-electron chi connectivity index (χ2n) is 4.18. The lowest BCUT2D eigenvalue weighted by atomic mass is 10.0. The van der Waals surface area contributed by atoms with Crippen LogP contribution in [0.5, 0.6) is 0 Å². The van der Waals surface area contributed by atoms with E-state index in [1.165, 1.54) is 18.2 Å². The molecule has 0 saturated heterocycles. The average molecular weight is 336 g/mol. The van der Waals surface area contributed by atoms with Crippen molar-refractivity contribution in [3.8, 4) is 0 Å². The molecule has 100 valence electrons. The molecule has 0 saturated carbocycles. The van der Waals surface area contributed by atoms with Gasteiger partial charge in [0.1, 0.15) is 5.82 Å². The minimum atomic E-state index is -0.587. The molecule has 0 aliphatic carbocycles. The van der Waals surface area contributed by atoms with Crippen LogP contribution in [0.3, 0.4) is 0 Å². The number of oxazole rings is 1. The van der Waals surface area contributed by atoms with Gasteiger partial charge in [0.05, 0.1) is 5.52 Å². The summed E-state index contributed by atoms with van der Waals surface area (Å²) in [5, 5.41) is 0. The van der Waals surface area contributed by atoms with Crippen LogP contribution in [0, 0.1) is 5.82 Å². The fraction of sp³-hybridized carbons (Fsp3) is 0. The summed E-state index contributed by atoms with van der Waals surface area (Å²) >= 11 is 3.22. The van der Waals surface area contributed by atoms with Crippen molar-refractivity contribution in [3.05, 3.63) is 68.4 Å². The predicted molar refractivity (Wildman–Crippen MR) is 74.4 cm³/mol. The van der Waals surface area contributed by atoms with Crippen LogP contribution in [0.15, 0.2) is 50.1 Å². The molecule has 0 aliphatic rings. The average Bonchev–Trinajstić information content (AvgIpc) is 2.79. The first-order valence-electron chi connectivity index (χ1n) is 5.67. The molecule has 1 N–H and O–H groups in total. The van der Waals surface area contributed by atoms with Gasteiger partial charge in [-0.05, 0) is 36.4 Å². The zero-order valence-electron chi connectivity index (χ0n) is 9.94. The van der Waals surface area contributed by atoms with Crippen LogP contribution in [0.25, 0.3) is 11.1 Å². The van der Waals surface area contributed by atoms with Crippen molar-refractivity contribution in [2.24, 2.45) is 0 Å². The molecule has 20 heavy (non-hydrogen) atoms. The van der Waals surface area contributed by atoms with Gasteiger partial charge >= 0.3 is 5.76 Å². The third-order valence-corrected chi connectivity index (χ3v) is 3.55. The Kier molecular flexibility index (Phi) is 3.02. The van der Waals surface area contributed by atoms with Crippen LogP contribution >= 0.6 is 15.9 Å². The van der Waals surface area contributed by atoms with Crippen molar-refractivity contribution in [2.45, 2.75) is 0 Å². The highest BCUT2D eigenvalue weighted by Crippen LogP contribution is 2.22.